The van der Waals surface area contributed by atoms with Gasteiger partial charge in [0, 0.05) is 28.8 Å². The fourth-order valence-corrected chi connectivity index (χ4v) is 3.31. The third kappa shape index (κ3) is 5.80. The average molecular weight is 319 g/mol. The molecule has 2 rings (SSSR count). The second kappa shape index (κ2) is 8.73. The van der Waals surface area contributed by atoms with Gasteiger partial charge in [-0.05, 0) is 25.1 Å². The number of rotatable bonds is 6. The zero-order chi connectivity index (χ0) is 14.9. The normalized spacial score (nSPS) is 10.0. The molecule has 110 valence electrons. The number of nitrogens with zero attached hydrogens (tertiary/aromatic N) is 1. The molecule has 1 heterocycles. The molecule has 0 saturated heterocycles. The Kier molecular flexibility index (Phi) is 6.61. The van der Waals surface area contributed by atoms with Crippen molar-refractivity contribution < 1.29 is 9.84 Å². The van der Waals surface area contributed by atoms with Crippen molar-refractivity contribution in [1.29, 1.82) is 0 Å². The zero-order valence-electron chi connectivity index (χ0n) is 11.8. The van der Waals surface area contributed by atoms with Crippen molar-refractivity contribution in [1.82, 2.24) is 4.98 Å². The van der Waals surface area contributed by atoms with E-state index in [1.54, 1.807) is 23.1 Å². The minimum absolute atomic E-state index is 0.0939. The second-order valence-electron chi connectivity index (χ2n) is 4.25. The summed E-state index contributed by atoms with van der Waals surface area (Å²) in [6.45, 7) is 2.73. The molecule has 0 bridgehead atoms. The van der Waals surface area contributed by atoms with E-state index in [0.717, 1.165) is 27.1 Å². The van der Waals surface area contributed by atoms with Crippen LogP contribution in [0.4, 0.5) is 0 Å². The van der Waals surface area contributed by atoms with Gasteiger partial charge in [-0.25, -0.2) is 4.98 Å². The van der Waals surface area contributed by atoms with Crippen LogP contribution in [0.1, 0.15) is 17.7 Å². The number of thioether (sulfide) groups is 1. The molecule has 1 N–H and O–H groups in total. The van der Waals surface area contributed by atoms with Crippen LogP contribution < -0.4 is 4.74 Å². The molecule has 0 spiro atoms. The number of thiazole rings is 1. The van der Waals surface area contributed by atoms with E-state index in [0.29, 0.717) is 13.0 Å². The molecule has 0 atom stereocenters. The lowest BCUT2D eigenvalue weighted by atomic mass is 10.2. The van der Waals surface area contributed by atoms with E-state index in [9.17, 15) is 0 Å². The monoisotopic (exact) mass is 319 g/mol. The summed E-state index contributed by atoms with van der Waals surface area (Å²) < 4.78 is 6.80. The van der Waals surface area contributed by atoms with E-state index in [1.807, 2.05) is 31.2 Å². The third-order valence-corrected chi connectivity index (χ3v) is 4.58. The van der Waals surface area contributed by atoms with E-state index in [1.165, 1.54) is 0 Å². The first-order chi connectivity index (χ1) is 10.3. The van der Waals surface area contributed by atoms with Crippen molar-refractivity contribution in [3.8, 4) is 17.6 Å². The maximum atomic E-state index is 8.70. The van der Waals surface area contributed by atoms with Crippen molar-refractivity contribution in [3.05, 3.63) is 40.9 Å². The van der Waals surface area contributed by atoms with E-state index in [4.69, 9.17) is 9.84 Å². The summed E-state index contributed by atoms with van der Waals surface area (Å²) in [5, 5.41) is 10.8. The van der Waals surface area contributed by atoms with Crippen LogP contribution in [0, 0.1) is 18.8 Å². The Hall–Kier alpha value is -1.48. The first-order valence-electron chi connectivity index (χ1n) is 6.65. The number of aliphatic hydroxyl groups is 1. The first kappa shape index (κ1) is 15.9. The maximum Gasteiger partial charge on any atom is 0.150 e. The highest BCUT2D eigenvalue weighted by molar-refractivity contribution is 8.01. The minimum Gasteiger partial charge on any atom is -0.493 e. The molecule has 1 aromatic heterocycles. The van der Waals surface area contributed by atoms with Crippen LogP contribution in [-0.4, -0.2) is 29.1 Å². The number of aliphatic hydroxyl groups excluding tert-OH is 1. The lowest BCUT2D eigenvalue weighted by Gasteiger charge is -2.05. The van der Waals surface area contributed by atoms with Gasteiger partial charge in [-0.15, -0.1) is 11.3 Å². The molecule has 0 aliphatic carbocycles. The minimum atomic E-state index is 0.0939. The fourth-order valence-electron chi connectivity index (χ4n) is 1.57. The Morgan fingerprint density at radius 2 is 2.33 bits per heavy atom. The molecule has 3 nitrogen and oxygen atoms in total. The summed E-state index contributed by atoms with van der Waals surface area (Å²) in [6.07, 6.45) is 0.495. The van der Waals surface area contributed by atoms with Crippen LogP contribution in [0.25, 0.3) is 0 Å². The Morgan fingerprint density at radius 3 is 3.10 bits per heavy atom. The quantitative estimate of drug-likeness (QED) is 0.504. The zero-order valence-corrected chi connectivity index (χ0v) is 13.5. The van der Waals surface area contributed by atoms with Gasteiger partial charge in [0.25, 0.3) is 0 Å². The molecular weight excluding hydrogens is 302 g/mol. The van der Waals surface area contributed by atoms with Crippen LogP contribution in [0.5, 0.6) is 5.75 Å². The number of hydrogen-bond donors (Lipinski definition) is 1. The molecular formula is C16H17NO2S2. The fraction of sp³-hybridized carbons (Fsp3) is 0.312. The van der Waals surface area contributed by atoms with E-state index in [-0.39, 0.29) is 6.61 Å². The summed E-state index contributed by atoms with van der Waals surface area (Å²) in [5.41, 5.74) is 1.97. The van der Waals surface area contributed by atoms with Gasteiger partial charge in [0.05, 0.1) is 13.2 Å². The number of hydrogen-bond acceptors (Lipinski definition) is 5. The van der Waals surface area contributed by atoms with E-state index in [2.05, 4.69) is 22.2 Å². The van der Waals surface area contributed by atoms with Gasteiger partial charge in [0.1, 0.15) is 10.1 Å². The first-order valence-corrected chi connectivity index (χ1v) is 8.52. The predicted molar refractivity (Wildman–Crippen MR) is 88.1 cm³/mol. The highest BCUT2D eigenvalue weighted by Crippen LogP contribution is 2.22. The van der Waals surface area contributed by atoms with Gasteiger partial charge >= 0.3 is 0 Å². The van der Waals surface area contributed by atoms with E-state index >= 15 is 0 Å². The van der Waals surface area contributed by atoms with Crippen LogP contribution in [-0.2, 0) is 0 Å². The Bertz CT molecular complexity index is 628. The third-order valence-electron chi connectivity index (χ3n) is 2.48. The van der Waals surface area contributed by atoms with E-state index < -0.39 is 0 Å². The van der Waals surface area contributed by atoms with Crippen LogP contribution in [0.2, 0.25) is 0 Å². The molecule has 0 saturated carbocycles. The highest BCUT2D eigenvalue weighted by atomic mass is 32.2. The molecule has 0 fully saturated rings. The smallest absolute Gasteiger partial charge is 0.150 e. The largest absolute Gasteiger partial charge is 0.493 e. The summed E-state index contributed by atoms with van der Waals surface area (Å²) in [4.78, 5) is 4.40. The van der Waals surface area contributed by atoms with Gasteiger partial charge in [-0.3, -0.25) is 0 Å². The number of benzene rings is 1. The van der Waals surface area contributed by atoms with Gasteiger partial charge < -0.3 is 9.84 Å². The molecule has 5 heteroatoms. The van der Waals surface area contributed by atoms with Crippen molar-refractivity contribution in [2.45, 2.75) is 17.7 Å². The van der Waals surface area contributed by atoms with Crippen molar-refractivity contribution in [2.75, 3.05) is 19.0 Å². The standard InChI is InChI=1S/C16H17NO2S2/c1-13-12-21-16(17-13)20-10-9-19-15-7-4-6-14(11-15)5-2-3-8-18/h4,6-7,11-12,18H,3,8-10H2,1H3. The summed E-state index contributed by atoms with van der Waals surface area (Å²) in [6, 6.07) is 7.71. The number of aromatic nitrogens is 1. The molecule has 0 amide bonds. The van der Waals surface area contributed by atoms with Gasteiger partial charge in [-0.2, -0.15) is 0 Å². The molecule has 0 aliphatic heterocycles. The highest BCUT2D eigenvalue weighted by Gasteiger charge is 2.00. The summed E-state index contributed by atoms with van der Waals surface area (Å²) >= 11 is 3.38. The van der Waals surface area contributed by atoms with Crippen LogP contribution in [0.3, 0.4) is 0 Å². The van der Waals surface area contributed by atoms with Gasteiger partial charge in [0.2, 0.25) is 0 Å². The van der Waals surface area contributed by atoms with Crippen LogP contribution in [0.15, 0.2) is 34.0 Å². The van der Waals surface area contributed by atoms with Crippen LogP contribution >= 0.6 is 23.1 Å². The van der Waals surface area contributed by atoms with Crippen molar-refractivity contribution >= 4 is 23.1 Å². The number of aryl methyl sites for hydroxylation is 1. The SMILES string of the molecule is Cc1csc(SCCOc2cccc(C#CCCO)c2)n1. The lowest BCUT2D eigenvalue weighted by Crippen LogP contribution is -2.00. The number of ether oxygens (including phenoxy) is 1. The summed E-state index contributed by atoms with van der Waals surface area (Å²) in [7, 11) is 0. The predicted octanol–water partition coefficient (Wildman–Crippen LogP) is 3.36. The maximum absolute atomic E-state index is 8.70. The second-order valence-corrected chi connectivity index (χ2v) is 6.46. The van der Waals surface area contributed by atoms with Crippen molar-refractivity contribution in [2.24, 2.45) is 0 Å². The Morgan fingerprint density at radius 1 is 1.43 bits per heavy atom. The Labute approximate surface area is 133 Å². The topological polar surface area (TPSA) is 42.4 Å². The summed E-state index contributed by atoms with van der Waals surface area (Å²) in [5.74, 6) is 7.59. The molecule has 0 aliphatic rings. The molecule has 1 aromatic carbocycles. The molecule has 21 heavy (non-hydrogen) atoms. The average Bonchev–Trinajstić information content (AvgIpc) is 2.90. The molecule has 2 aromatic rings. The molecule has 0 radical (unpaired) electrons. The lowest BCUT2D eigenvalue weighted by molar-refractivity contribution is 0.305. The molecule has 0 unspecified atom stereocenters. The van der Waals surface area contributed by atoms with Crippen molar-refractivity contribution in [3.63, 3.8) is 0 Å². The van der Waals surface area contributed by atoms with Gasteiger partial charge in [0.15, 0.2) is 0 Å². The van der Waals surface area contributed by atoms with Gasteiger partial charge in [-0.1, -0.05) is 29.7 Å². The Balaban J connectivity index is 1.78.